The molecule has 1 aliphatic heterocycles. The minimum absolute atomic E-state index is 0.0382. The smallest absolute Gasteiger partial charge is 0.255 e. The quantitative estimate of drug-likeness (QED) is 0.844. The molecular weight excluding hydrogens is 268 g/mol. The number of rotatable bonds is 1. The summed E-state index contributed by atoms with van der Waals surface area (Å²) in [5, 5.41) is 10.3. The van der Waals surface area contributed by atoms with Gasteiger partial charge in [-0.25, -0.2) is 0 Å². The molecule has 1 amide bonds. The summed E-state index contributed by atoms with van der Waals surface area (Å²) in [6, 6.07) is 3.02. The number of pyridine rings is 1. The maximum atomic E-state index is 12.6. The molecule has 1 aliphatic carbocycles. The van der Waals surface area contributed by atoms with E-state index in [9.17, 15) is 14.7 Å². The van der Waals surface area contributed by atoms with E-state index >= 15 is 0 Å². The number of amides is 1. The van der Waals surface area contributed by atoms with Crippen molar-refractivity contribution in [3.05, 3.63) is 34.2 Å². The Labute approximate surface area is 124 Å². The van der Waals surface area contributed by atoms with E-state index in [1.54, 1.807) is 19.3 Å². The van der Waals surface area contributed by atoms with Gasteiger partial charge in [-0.05, 0) is 31.7 Å². The van der Waals surface area contributed by atoms with Crippen LogP contribution in [0.4, 0.5) is 0 Å². The second-order valence-corrected chi connectivity index (χ2v) is 6.47. The molecule has 0 unspecified atom stereocenters. The normalized spacial score (nSPS) is 29.0. The van der Waals surface area contributed by atoms with E-state index < -0.39 is 0 Å². The van der Waals surface area contributed by atoms with Gasteiger partial charge in [-0.15, -0.1) is 0 Å². The predicted molar refractivity (Wildman–Crippen MR) is 79.1 cm³/mol. The van der Waals surface area contributed by atoms with Gasteiger partial charge < -0.3 is 14.6 Å². The maximum Gasteiger partial charge on any atom is 0.255 e. The molecular formula is C16H22N2O3. The number of aryl methyl sites for hydroxylation is 1. The van der Waals surface area contributed by atoms with Crippen molar-refractivity contribution in [2.24, 2.45) is 12.5 Å². The average molecular weight is 290 g/mol. The van der Waals surface area contributed by atoms with Crippen molar-refractivity contribution in [2.45, 2.75) is 38.2 Å². The molecule has 21 heavy (non-hydrogen) atoms. The van der Waals surface area contributed by atoms with E-state index in [0.29, 0.717) is 12.1 Å². The Balaban J connectivity index is 1.81. The lowest BCUT2D eigenvalue weighted by Gasteiger charge is -2.42. The molecule has 0 radical (unpaired) electrons. The molecule has 5 heteroatoms. The van der Waals surface area contributed by atoms with Gasteiger partial charge >= 0.3 is 0 Å². The summed E-state index contributed by atoms with van der Waals surface area (Å²) in [5.74, 6) is -0.0382. The summed E-state index contributed by atoms with van der Waals surface area (Å²) < 4.78 is 1.43. The first-order chi connectivity index (χ1) is 10.0. The van der Waals surface area contributed by atoms with Gasteiger partial charge in [-0.3, -0.25) is 9.59 Å². The van der Waals surface area contributed by atoms with Crippen molar-refractivity contribution in [1.82, 2.24) is 9.47 Å². The van der Waals surface area contributed by atoms with Crippen molar-refractivity contribution < 1.29 is 9.90 Å². The summed E-state index contributed by atoms with van der Waals surface area (Å²) in [5.41, 5.74) is 0.323. The molecule has 0 bridgehead atoms. The maximum absolute atomic E-state index is 12.6. The molecule has 0 aromatic carbocycles. The van der Waals surface area contributed by atoms with Crippen LogP contribution in [0, 0.1) is 5.41 Å². The van der Waals surface area contributed by atoms with E-state index in [1.807, 2.05) is 4.90 Å². The summed E-state index contributed by atoms with van der Waals surface area (Å²) in [6.07, 6.45) is 6.15. The van der Waals surface area contributed by atoms with E-state index in [-0.39, 0.29) is 23.0 Å². The fourth-order valence-corrected chi connectivity index (χ4v) is 3.83. The van der Waals surface area contributed by atoms with Crippen LogP contribution < -0.4 is 5.56 Å². The number of aliphatic hydroxyl groups is 1. The van der Waals surface area contributed by atoms with Crippen LogP contribution in [0.1, 0.15) is 42.5 Å². The average Bonchev–Trinajstić information content (AvgIpc) is 2.82. The van der Waals surface area contributed by atoms with Crippen LogP contribution in [-0.4, -0.2) is 39.7 Å². The topological polar surface area (TPSA) is 62.5 Å². The predicted octanol–water partition coefficient (Wildman–Crippen LogP) is 1.15. The fraction of sp³-hybridized carbons (Fsp3) is 0.625. The second-order valence-electron chi connectivity index (χ2n) is 6.47. The molecule has 2 atom stereocenters. The third-order valence-corrected chi connectivity index (χ3v) is 5.09. The third-order valence-electron chi connectivity index (χ3n) is 5.09. The Hall–Kier alpha value is -1.62. The zero-order valence-corrected chi connectivity index (χ0v) is 12.4. The first-order valence-corrected chi connectivity index (χ1v) is 7.66. The lowest BCUT2D eigenvalue weighted by molar-refractivity contribution is -0.00538. The Morgan fingerprint density at radius 1 is 1.33 bits per heavy atom. The highest BCUT2D eigenvalue weighted by atomic mass is 16.3. The number of piperidine rings is 1. The Morgan fingerprint density at radius 2 is 2.10 bits per heavy atom. The van der Waals surface area contributed by atoms with Crippen LogP contribution in [0.25, 0.3) is 0 Å². The van der Waals surface area contributed by atoms with Crippen LogP contribution >= 0.6 is 0 Å². The minimum Gasteiger partial charge on any atom is -0.392 e. The van der Waals surface area contributed by atoms with Crippen molar-refractivity contribution in [1.29, 1.82) is 0 Å². The largest absolute Gasteiger partial charge is 0.392 e. The van der Waals surface area contributed by atoms with Crippen LogP contribution in [-0.2, 0) is 7.05 Å². The lowest BCUT2D eigenvalue weighted by Crippen LogP contribution is -2.49. The molecule has 2 fully saturated rings. The van der Waals surface area contributed by atoms with E-state index in [0.717, 1.165) is 38.6 Å². The Morgan fingerprint density at radius 3 is 2.76 bits per heavy atom. The van der Waals surface area contributed by atoms with E-state index in [1.165, 1.54) is 10.6 Å². The molecule has 1 saturated carbocycles. The van der Waals surface area contributed by atoms with Gasteiger partial charge in [0.2, 0.25) is 5.56 Å². The molecule has 3 rings (SSSR count). The number of nitrogens with zero attached hydrogens (tertiary/aromatic N) is 2. The standard InChI is InChI=1S/C16H22N2O3/c1-17-10-12(5-6-14(17)20)15(21)18-9-3-8-16(11-18)7-2-4-13(16)19/h5-6,10,13,19H,2-4,7-9,11H2,1H3/t13-,16+/m1/s1. The molecule has 1 spiro atoms. The van der Waals surface area contributed by atoms with Gasteiger partial charge in [0.05, 0.1) is 11.7 Å². The van der Waals surface area contributed by atoms with Crippen molar-refractivity contribution >= 4 is 5.91 Å². The van der Waals surface area contributed by atoms with Crippen LogP contribution in [0.2, 0.25) is 0 Å². The second kappa shape index (κ2) is 5.30. The van der Waals surface area contributed by atoms with Gasteiger partial charge in [-0.1, -0.05) is 6.42 Å². The minimum atomic E-state index is -0.284. The van der Waals surface area contributed by atoms with Gasteiger partial charge in [0.25, 0.3) is 5.91 Å². The molecule has 2 aliphatic rings. The summed E-state index contributed by atoms with van der Waals surface area (Å²) in [4.78, 5) is 25.9. The molecule has 1 N–H and O–H groups in total. The highest BCUT2D eigenvalue weighted by Gasteiger charge is 2.45. The number of likely N-dealkylation sites (tertiary alicyclic amines) is 1. The zero-order valence-electron chi connectivity index (χ0n) is 12.4. The molecule has 2 heterocycles. The number of hydrogen-bond donors (Lipinski definition) is 1. The third kappa shape index (κ3) is 2.50. The summed E-state index contributed by atoms with van der Waals surface area (Å²) in [6.45, 7) is 1.37. The summed E-state index contributed by atoms with van der Waals surface area (Å²) in [7, 11) is 1.65. The number of carbonyl (C=O) groups excluding carboxylic acids is 1. The van der Waals surface area contributed by atoms with Crippen molar-refractivity contribution in [3.8, 4) is 0 Å². The highest BCUT2D eigenvalue weighted by molar-refractivity contribution is 5.94. The summed E-state index contributed by atoms with van der Waals surface area (Å²) >= 11 is 0. The lowest BCUT2D eigenvalue weighted by atomic mass is 9.76. The molecule has 1 saturated heterocycles. The number of aliphatic hydroxyl groups excluding tert-OH is 1. The fourth-order valence-electron chi connectivity index (χ4n) is 3.83. The molecule has 5 nitrogen and oxygen atoms in total. The van der Waals surface area contributed by atoms with Crippen LogP contribution in [0.3, 0.4) is 0 Å². The zero-order chi connectivity index (χ0) is 15.0. The van der Waals surface area contributed by atoms with Gasteiger partial charge in [0, 0.05) is 37.8 Å². The molecule has 114 valence electrons. The van der Waals surface area contributed by atoms with Crippen LogP contribution in [0.5, 0.6) is 0 Å². The molecule has 1 aromatic heterocycles. The number of hydrogen-bond acceptors (Lipinski definition) is 3. The number of aromatic nitrogens is 1. The van der Waals surface area contributed by atoms with Gasteiger partial charge in [-0.2, -0.15) is 0 Å². The van der Waals surface area contributed by atoms with Gasteiger partial charge in [0.15, 0.2) is 0 Å². The SMILES string of the molecule is Cn1cc(C(=O)N2CCC[C@@]3(CCC[C@H]3O)C2)ccc1=O. The van der Waals surface area contributed by atoms with Gasteiger partial charge in [0.1, 0.15) is 0 Å². The van der Waals surface area contributed by atoms with Crippen molar-refractivity contribution in [3.63, 3.8) is 0 Å². The van der Waals surface area contributed by atoms with E-state index in [4.69, 9.17) is 0 Å². The van der Waals surface area contributed by atoms with Crippen LogP contribution in [0.15, 0.2) is 23.1 Å². The van der Waals surface area contributed by atoms with Crippen molar-refractivity contribution in [2.75, 3.05) is 13.1 Å². The Bertz CT molecular complexity index is 610. The Kier molecular flexibility index (Phi) is 3.61. The monoisotopic (exact) mass is 290 g/mol. The highest BCUT2D eigenvalue weighted by Crippen LogP contribution is 2.45. The molecule has 1 aromatic rings. The first-order valence-electron chi connectivity index (χ1n) is 7.66. The first kappa shape index (κ1) is 14.3. The number of carbonyl (C=O) groups is 1. The van der Waals surface area contributed by atoms with E-state index in [2.05, 4.69) is 0 Å².